The van der Waals surface area contributed by atoms with Gasteiger partial charge >= 0.3 is 0 Å². The summed E-state index contributed by atoms with van der Waals surface area (Å²) in [6, 6.07) is 0. The lowest BCUT2D eigenvalue weighted by molar-refractivity contribution is 0.305. The third kappa shape index (κ3) is 2.52. The standard InChI is InChI=1S/C9H16Cl2/c1-9(2,11)7-5-3-4-6-8(7)10/h7-8H,3-6H2,1-2H3. The Morgan fingerprint density at radius 3 is 2.09 bits per heavy atom. The average molecular weight is 195 g/mol. The van der Waals surface area contributed by atoms with E-state index in [1.807, 2.05) is 0 Å². The zero-order valence-corrected chi connectivity index (χ0v) is 8.75. The molecule has 1 aliphatic rings. The minimum atomic E-state index is -0.118. The highest BCUT2D eigenvalue weighted by molar-refractivity contribution is 6.25. The molecule has 66 valence electrons. The van der Waals surface area contributed by atoms with Crippen LogP contribution in [0.1, 0.15) is 39.5 Å². The zero-order valence-electron chi connectivity index (χ0n) is 7.24. The Morgan fingerprint density at radius 2 is 1.73 bits per heavy atom. The molecule has 2 atom stereocenters. The Bertz CT molecular complexity index is 126. The van der Waals surface area contributed by atoms with E-state index in [9.17, 15) is 0 Å². The van der Waals surface area contributed by atoms with Crippen LogP contribution < -0.4 is 0 Å². The lowest BCUT2D eigenvalue weighted by Gasteiger charge is -2.35. The largest absolute Gasteiger partial charge is 0.123 e. The Balaban J connectivity index is 2.55. The van der Waals surface area contributed by atoms with E-state index in [0.717, 1.165) is 6.42 Å². The van der Waals surface area contributed by atoms with Gasteiger partial charge in [0.05, 0.1) is 0 Å². The van der Waals surface area contributed by atoms with Gasteiger partial charge in [-0.1, -0.05) is 12.8 Å². The van der Waals surface area contributed by atoms with Crippen LogP contribution in [0.5, 0.6) is 0 Å². The van der Waals surface area contributed by atoms with E-state index in [2.05, 4.69) is 13.8 Å². The fourth-order valence-corrected chi connectivity index (χ4v) is 2.78. The van der Waals surface area contributed by atoms with Gasteiger partial charge in [0.1, 0.15) is 0 Å². The van der Waals surface area contributed by atoms with Crippen molar-refractivity contribution in [1.29, 1.82) is 0 Å². The predicted molar refractivity (Wildman–Crippen MR) is 51.5 cm³/mol. The smallest absolute Gasteiger partial charge is 0.0432 e. The number of halogens is 2. The van der Waals surface area contributed by atoms with Gasteiger partial charge in [-0.3, -0.25) is 0 Å². The Labute approximate surface area is 79.3 Å². The van der Waals surface area contributed by atoms with Crippen molar-refractivity contribution >= 4 is 23.2 Å². The van der Waals surface area contributed by atoms with E-state index in [1.54, 1.807) is 0 Å². The van der Waals surface area contributed by atoms with Gasteiger partial charge in [-0.25, -0.2) is 0 Å². The summed E-state index contributed by atoms with van der Waals surface area (Å²) in [5.41, 5.74) is 0. The first-order chi connectivity index (χ1) is 5.02. The molecule has 0 aromatic heterocycles. The molecule has 0 nitrogen and oxygen atoms in total. The van der Waals surface area contributed by atoms with Gasteiger partial charge in [0.2, 0.25) is 0 Å². The highest BCUT2D eigenvalue weighted by atomic mass is 35.5. The SMILES string of the molecule is CC(C)(Cl)C1CCCCC1Cl. The number of hydrogen-bond acceptors (Lipinski definition) is 0. The van der Waals surface area contributed by atoms with E-state index < -0.39 is 0 Å². The van der Waals surface area contributed by atoms with Gasteiger partial charge in [0.25, 0.3) is 0 Å². The molecular formula is C9H16Cl2. The molecule has 0 radical (unpaired) electrons. The minimum Gasteiger partial charge on any atom is -0.123 e. The van der Waals surface area contributed by atoms with Crippen molar-refractivity contribution in [2.75, 3.05) is 0 Å². The second kappa shape index (κ2) is 3.53. The molecule has 0 spiro atoms. The maximum absolute atomic E-state index is 6.22. The van der Waals surface area contributed by atoms with Gasteiger partial charge < -0.3 is 0 Å². The highest BCUT2D eigenvalue weighted by Crippen LogP contribution is 2.39. The summed E-state index contributed by atoms with van der Waals surface area (Å²) in [6.07, 6.45) is 4.91. The molecule has 2 unspecified atom stereocenters. The van der Waals surface area contributed by atoms with E-state index in [-0.39, 0.29) is 4.87 Å². The summed E-state index contributed by atoms with van der Waals surface area (Å²) in [4.78, 5) is -0.118. The fraction of sp³-hybridized carbons (Fsp3) is 1.00. The predicted octanol–water partition coefficient (Wildman–Crippen LogP) is 3.80. The van der Waals surface area contributed by atoms with Gasteiger partial charge in [0, 0.05) is 10.3 Å². The molecule has 0 aliphatic heterocycles. The summed E-state index contributed by atoms with van der Waals surface area (Å²) in [5, 5.41) is 0.302. The Morgan fingerprint density at radius 1 is 1.18 bits per heavy atom. The molecule has 0 heterocycles. The molecule has 1 fully saturated rings. The van der Waals surface area contributed by atoms with Gasteiger partial charge in [-0.15, -0.1) is 23.2 Å². The molecule has 0 bridgehead atoms. The van der Waals surface area contributed by atoms with Crippen molar-refractivity contribution in [3.8, 4) is 0 Å². The van der Waals surface area contributed by atoms with Gasteiger partial charge in [-0.2, -0.15) is 0 Å². The van der Waals surface area contributed by atoms with Crippen LogP contribution in [0.15, 0.2) is 0 Å². The van der Waals surface area contributed by atoms with Gasteiger partial charge in [0.15, 0.2) is 0 Å². The van der Waals surface area contributed by atoms with Crippen molar-refractivity contribution in [3.05, 3.63) is 0 Å². The van der Waals surface area contributed by atoms with Crippen molar-refractivity contribution in [3.63, 3.8) is 0 Å². The average Bonchev–Trinajstić information content (AvgIpc) is 1.86. The van der Waals surface area contributed by atoms with Crippen LogP contribution in [0.2, 0.25) is 0 Å². The number of alkyl halides is 2. The van der Waals surface area contributed by atoms with E-state index in [1.165, 1.54) is 19.3 Å². The molecular weight excluding hydrogens is 179 g/mol. The topological polar surface area (TPSA) is 0 Å². The first kappa shape index (κ1) is 9.67. The number of rotatable bonds is 1. The van der Waals surface area contributed by atoms with Crippen LogP contribution >= 0.6 is 23.2 Å². The lowest BCUT2D eigenvalue weighted by Crippen LogP contribution is -2.34. The molecule has 2 heteroatoms. The fourth-order valence-electron chi connectivity index (χ4n) is 1.86. The summed E-state index contributed by atoms with van der Waals surface area (Å²) in [7, 11) is 0. The molecule has 0 amide bonds. The third-order valence-electron chi connectivity index (χ3n) is 2.56. The van der Waals surface area contributed by atoms with Crippen LogP contribution in [0.4, 0.5) is 0 Å². The summed E-state index contributed by atoms with van der Waals surface area (Å²) >= 11 is 12.4. The molecule has 1 rings (SSSR count). The van der Waals surface area contributed by atoms with Crippen LogP contribution in [-0.2, 0) is 0 Å². The Hall–Kier alpha value is 0.580. The third-order valence-corrected chi connectivity index (χ3v) is 3.37. The maximum Gasteiger partial charge on any atom is 0.0432 e. The summed E-state index contributed by atoms with van der Waals surface area (Å²) in [6.45, 7) is 4.14. The zero-order chi connectivity index (χ0) is 8.48. The first-order valence-electron chi connectivity index (χ1n) is 4.35. The summed E-state index contributed by atoms with van der Waals surface area (Å²) in [5.74, 6) is 0.500. The molecule has 0 aromatic rings. The molecule has 1 saturated carbocycles. The second-order valence-corrected chi connectivity index (χ2v) is 5.51. The molecule has 0 aromatic carbocycles. The maximum atomic E-state index is 6.22. The van der Waals surface area contributed by atoms with Crippen LogP contribution in [0.3, 0.4) is 0 Å². The van der Waals surface area contributed by atoms with Crippen LogP contribution in [0.25, 0.3) is 0 Å². The van der Waals surface area contributed by atoms with Crippen molar-refractivity contribution in [2.45, 2.75) is 49.8 Å². The van der Waals surface area contributed by atoms with Crippen LogP contribution in [0, 0.1) is 5.92 Å². The van der Waals surface area contributed by atoms with E-state index in [4.69, 9.17) is 23.2 Å². The quantitative estimate of drug-likeness (QED) is 0.558. The van der Waals surface area contributed by atoms with Crippen molar-refractivity contribution < 1.29 is 0 Å². The molecule has 11 heavy (non-hydrogen) atoms. The molecule has 0 N–H and O–H groups in total. The molecule has 1 aliphatic carbocycles. The first-order valence-corrected chi connectivity index (χ1v) is 5.16. The van der Waals surface area contributed by atoms with E-state index >= 15 is 0 Å². The van der Waals surface area contributed by atoms with Crippen molar-refractivity contribution in [1.82, 2.24) is 0 Å². The van der Waals surface area contributed by atoms with Crippen LogP contribution in [-0.4, -0.2) is 10.3 Å². The Kier molecular flexibility index (Phi) is 3.10. The normalized spacial score (nSPS) is 33.8. The van der Waals surface area contributed by atoms with Crippen molar-refractivity contribution in [2.24, 2.45) is 5.92 Å². The second-order valence-electron chi connectivity index (χ2n) is 3.97. The minimum absolute atomic E-state index is 0.118. The highest BCUT2D eigenvalue weighted by Gasteiger charge is 2.34. The number of hydrogen-bond donors (Lipinski definition) is 0. The molecule has 0 saturated heterocycles. The van der Waals surface area contributed by atoms with E-state index in [0.29, 0.717) is 11.3 Å². The van der Waals surface area contributed by atoms with Gasteiger partial charge in [-0.05, 0) is 32.6 Å². The monoisotopic (exact) mass is 194 g/mol. The summed E-state index contributed by atoms with van der Waals surface area (Å²) < 4.78 is 0. The lowest BCUT2D eigenvalue weighted by atomic mass is 9.81.